The van der Waals surface area contributed by atoms with Crippen molar-refractivity contribution >= 4 is 67.4 Å². The summed E-state index contributed by atoms with van der Waals surface area (Å²) in [5, 5.41) is 12.0. The average Bonchev–Trinajstić information content (AvgIpc) is 3.07. The first-order valence-corrected chi connectivity index (χ1v) is 12.8. The molecule has 1 atom stereocenters. The van der Waals surface area contributed by atoms with Crippen molar-refractivity contribution in [3.8, 4) is 0 Å². The summed E-state index contributed by atoms with van der Waals surface area (Å²) in [5.41, 5.74) is 0. The van der Waals surface area contributed by atoms with Gasteiger partial charge in [0.25, 0.3) is 0 Å². The van der Waals surface area contributed by atoms with Gasteiger partial charge in [-0.3, -0.25) is 10.1 Å². The molecule has 0 saturated carbocycles. The number of nitrogens with zero attached hydrogens (tertiary/aromatic N) is 2. The number of rotatable bonds is 10. The molecule has 0 bridgehead atoms. The number of anilines is 1. The molecule has 7 nitrogen and oxygen atoms in total. The van der Waals surface area contributed by atoms with Crippen molar-refractivity contribution in [3.63, 3.8) is 0 Å². The summed E-state index contributed by atoms with van der Waals surface area (Å²) in [5.74, 6) is 0.0798. The van der Waals surface area contributed by atoms with Gasteiger partial charge in [-0.2, -0.15) is 16.5 Å². The van der Waals surface area contributed by atoms with Crippen LogP contribution < -0.4 is 10.0 Å². The predicted octanol–water partition coefficient (Wildman–Crippen LogP) is 3.84. The van der Waals surface area contributed by atoms with E-state index in [0.29, 0.717) is 17.3 Å². The molecule has 0 aliphatic rings. The number of carbonyl (C=O) groups is 1. The Bertz CT molecular complexity index is 922. The number of nitrogens with one attached hydrogen (secondary N) is 2. The molecule has 0 aliphatic carbocycles. The lowest BCUT2D eigenvalue weighted by Crippen LogP contribution is -2.44. The first-order valence-electron chi connectivity index (χ1n) is 8.36. The maximum Gasteiger partial charge on any atom is 0.244 e. The van der Waals surface area contributed by atoms with Crippen LogP contribution in [0.15, 0.2) is 23.1 Å². The van der Waals surface area contributed by atoms with E-state index in [1.807, 2.05) is 13.2 Å². The summed E-state index contributed by atoms with van der Waals surface area (Å²) in [6.07, 6.45) is 3.85. The minimum atomic E-state index is -4.05. The van der Waals surface area contributed by atoms with Crippen molar-refractivity contribution < 1.29 is 13.2 Å². The van der Waals surface area contributed by atoms with E-state index in [0.717, 1.165) is 17.8 Å². The number of hydrogen-bond donors (Lipinski definition) is 2. The van der Waals surface area contributed by atoms with Crippen LogP contribution in [0.4, 0.5) is 5.13 Å². The molecule has 0 saturated heterocycles. The molecule has 28 heavy (non-hydrogen) atoms. The van der Waals surface area contributed by atoms with Gasteiger partial charge in [-0.15, -0.1) is 10.2 Å². The van der Waals surface area contributed by atoms with Crippen LogP contribution in [0.2, 0.25) is 10.0 Å². The molecule has 2 rings (SSSR count). The lowest BCUT2D eigenvalue weighted by Gasteiger charge is -2.18. The van der Waals surface area contributed by atoms with Gasteiger partial charge in [0.05, 0.1) is 5.02 Å². The molecule has 0 spiro atoms. The highest BCUT2D eigenvalue weighted by molar-refractivity contribution is 7.98. The first kappa shape index (κ1) is 23.4. The van der Waals surface area contributed by atoms with Gasteiger partial charge in [-0.25, -0.2) is 8.42 Å². The molecule has 0 fully saturated rings. The standard InChI is InChI=1S/C16H20Cl2N4O3S3/c1-3-4-14-20-21-16(27-14)19-15(23)12(7-8-26-2)22-28(24,25)13-9-10(17)5-6-11(13)18/h5-6,9,12,22H,3-4,7-8H2,1-2H3,(H,19,21,23). The predicted molar refractivity (Wildman–Crippen MR) is 116 cm³/mol. The number of halogens is 2. The monoisotopic (exact) mass is 482 g/mol. The van der Waals surface area contributed by atoms with Crippen molar-refractivity contribution in [2.45, 2.75) is 37.1 Å². The summed E-state index contributed by atoms with van der Waals surface area (Å²) < 4.78 is 27.9. The Morgan fingerprint density at radius 2 is 2.07 bits per heavy atom. The lowest BCUT2D eigenvalue weighted by atomic mass is 10.2. The van der Waals surface area contributed by atoms with E-state index in [4.69, 9.17) is 23.2 Å². The molecular formula is C16H20Cl2N4O3S3. The Labute approximate surface area is 182 Å². The molecule has 1 amide bonds. The van der Waals surface area contributed by atoms with E-state index in [-0.39, 0.29) is 14.9 Å². The maximum absolute atomic E-state index is 12.8. The number of benzene rings is 1. The number of aryl methyl sites for hydroxylation is 1. The van der Waals surface area contributed by atoms with E-state index in [1.54, 1.807) is 0 Å². The van der Waals surface area contributed by atoms with E-state index >= 15 is 0 Å². The molecule has 0 radical (unpaired) electrons. The highest BCUT2D eigenvalue weighted by Gasteiger charge is 2.28. The maximum atomic E-state index is 12.8. The fourth-order valence-corrected chi connectivity index (χ4v) is 5.53. The van der Waals surface area contributed by atoms with Crippen LogP contribution in [-0.4, -0.2) is 42.6 Å². The molecule has 0 aliphatic heterocycles. The molecule has 1 unspecified atom stereocenters. The summed E-state index contributed by atoms with van der Waals surface area (Å²) >= 11 is 14.7. The smallest absolute Gasteiger partial charge is 0.244 e. The lowest BCUT2D eigenvalue weighted by molar-refractivity contribution is -0.117. The zero-order valence-electron chi connectivity index (χ0n) is 15.2. The summed E-state index contributed by atoms with van der Waals surface area (Å²) in [7, 11) is -4.05. The molecule has 12 heteroatoms. The van der Waals surface area contributed by atoms with Gasteiger partial charge in [0.15, 0.2) is 0 Å². The summed E-state index contributed by atoms with van der Waals surface area (Å²) in [4.78, 5) is 12.5. The molecule has 1 heterocycles. The van der Waals surface area contributed by atoms with Gasteiger partial charge in [-0.05, 0) is 43.0 Å². The van der Waals surface area contributed by atoms with Crippen molar-refractivity contribution in [2.75, 3.05) is 17.3 Å². The number of sulfonamides is 1. The number of amides is 1. The number of aromatic nitrogens is 2. The normalized spacial score (nSPS) is 12.7. The van der Waals surface area contributed by atoms with Crippen LogP contribution >= 0.6 is 46.3 Å². The van der Waals surface area contributed by atoms with Gasteiger partial charge in [-0.1, -0.05) is 41.5 Å². The van der Waals surface area contributed by atoms with Gasteiger partial charge in [0.2, 0.25) is 21.1 Å². The highest BCUT2D eigenvalue weighted by atomic mass is 35.5. The van der Waals surface area contributed by atoms with Crippen LogP contribution in [0.5, 0.6) is 0 Å². The van der Waals surface area contributed by atoms with Crippen molar-refractivity contribution in [2.24, 2.45) is 0 Å². The van der Waals surface area contributed by atoms with Crippen LogP contribution in [0.25, 0.3) is 0 Å². The second-order valence-electron chi connectivity index (χ2n) is 5.77. The molecule has 1 aromatic heterocycles. The largest absolute Gasteiger partial charge is 0.299 e. The number of thioether (sulfide) groups is 1. The fraction of sp³-hybridized carbons (Fsp3) is 0.438. The highest BCUT2D eigenvalue weighted by Crippen LogP contribution is 2.25. The minimum Gasteiger partial charge on any atom is -0.299 e. The summed E-state index contributed by atoms with van der Waals surface area (Å²) in [6, 6.07) is 3.14. The quantitative estimate of drug-likeness (QED) is 0.533. The van der Waals surface area contributed by atoms with Crippen LogP contribution in [-0.2, 0) is 21.2 Å². The third-order valence-corrected chi connectivity index (χ3v) is 7.30. The van der Waals surface area contributed by atoms with Crippen molar-refractivity contribution in [1.29, 1.82) is 0 Å². The minimum absolute atomic E-state index is 0.0225. The second-order valence-corrected chi connectivity index (χ2v) is 10.3. The molecule has 2 N–H and O–H groups in total. The number of hydrogen-bond acceptors (Lipinski definition) is 7. The third-order valence-electron chi connectivity index (χ3n) is 3.57. The SMILES string of the molecule is CCCc1nnc(NC(=O)C(CCSC)NS(=O)(=O)c2cc(Cl)ccc2Cl)s1. The average molecular weight is 483 g/mol. The van der Waals surface area contributed by atoms with Crippen LogP contribution in [0.1, 0.15) is 24.8 Å². The molecule has 154 valence electrons. The third kappa shape index (κ3) is 6.57. The van der Waals surface area contributed by atoms with Crippen LogP contribution in [0.3, 0.4) is 0 Å². The zero-order chi connectivity index (χ0) is 20.7. The topological polar surface area (TPSA) is 101 Å². The van der Waals surface area contributed by atoms with E-state index in [2.05, 4.69) is 20.2 Å². The van der Waals surface area contributed by atoms with Gasteiger partial charge in [0, 0.05) is 11.4 Å². The van der Waals surface area contributed by atoms with Crippen molar-refractivity contribution in [1.82, 2.24) is 14.9 Å². The Hall–Kier alpha value is -0.910. The molecular weight excluding hydrogens is 463 g/mol. The summed E-state index contributed by atoms with van der Waals surface area (Å²) in [6.45, 7) is 2.02. The Morgan fingerprint density at radius 3 is 2.75 bits per heavy atom. The Balaban J connectivity index is 2.19. The van der Waals surface area contributed by atoms with E-state index in [1.165, 1.54) is 41.3 Å². The van der Waals surface area contributed by atoms with Gasteiger partial charge >= 0.3 is 0 Å². The van der Waals surface area contributed by atoms with Gasteiger partial charge in [0.1, 0.15) is 15.9 Å². The molecule has 1 aromatic carbocycles. The van der Waals surface area contributed by atoms with E-state index < -0.39 is 22.0 Å². The second kappa shape index (κ2) is 10.7. The Kier molecular flexibility index (Phi) is 8.97. The fourth-order valence-electron chi connectivity index (χ4n) is 2.22. The van der Waals surface area contributed by atoms with Crippen LogP contribution in [0, 0.1) is 0 Å². The number of carbonyl (C=O) groups excluding carboxylic acids is 1. The van der Waals surface area contributed by atoms with Gasteiger partial charge < -0.3 is 0 Å². The zero-order valence-corrected chi connectivity index (χ0v) is 19.2. The van der Waals surface area contributed by atoms with E-state index in [9.17, 15) is 13.2 Å². The Morgan fingerprint density at radius 1 is 1.32 bits per heavy atom. The molecule has 2 aromatic rings. The van der Waals surface area contributed by atoms with Crippen molar-refractivity contribution in [3.05, 3.63) is 33.3 Å². The first-order chi connectivity index (χ1) is 13.3.